The number of piperidine rings is 1. The Kier molecular flexibility index (Phi) is 5.50. The third kappa shape index (κ3) is 4.32. The van der Waals surface area contributed by atoms with Crippen LogP contribution in [0.2, 0.25) is 0 Å². The smallest absolute Gasteiger partial charge is 0.250 e. The van der Waals surface area contributed by atoms with Crippen molar-refractivity contribution < 1.29 is 8.42 Å². The highest BCUT2D eigenvalue weighted by Crippen LogP contribution is 2.21. The van der Waals surface area contributed by atoms with Crippen molar-refractivity contribution >= 4 is 27.2 Å². The van der Waals surface area contributed by atoms with E-state index in [2.05, 4.69) is 14.6 Å². The molecule has 8 heteroatoms. The molecule has 3 heterocycles. The zero-order chi connectivity index (χ0) is 17.0. The first-order valence-corrected chi connectivity index (χ1v) is 10.4. The van der Waals surface area contributed by atoms with E-state index in [0.29, 0.717) is 22.5 Å². The van der Waals surface area contributed by atoms with Crippen LogP contribution in [0.15, 0.2) is 40.1 Å². The van der Waals surface area contributed by atoms with Gasteiger partial charge in [-0.25, -0.2) is 18.1 Å². The van der Waals surface area contributed by atoms with Crippen LogP contribution < -0.4 is 10.5 Å². The average molecular weight is 367 g/mol. The number of nitrogens with zero attached hydrogens (tertiary/aromatic N) is 2. The lowest BCUT2D eigenvalue weighted by Crippen LogP contribution is -2.40. The topological polar surface area (TPSA) is 88.3 Å². The highest BCUT2D eigenvalue weighted by atomic mass is 32.2. The number of rotatable bonds is 6. The molecule has 1 saturated heterocycles. The lowest BCUT2D eigenvalue weighted by molar-refractivity contribution is 0.169. The summed E-state index contributed by atoms with van der Waals surface area (Å²) in [5.41, 5.74) is 6.94. The molecule has 1 aliphatic rings. The average Bonchev–Trinajstić information content (AvgIpc) is 3.11. The SMILES string of the molecule is Nc1ncccc1CN1CCC[C@H](CNS(=O)(=O)c2cccs2)C1. The van der Waals surface area contributed by atoms with Gasteiger partial charge >= 0.3 is 0 Å². The standard InChI is InChI=1S/C16H22N4O2S2/c17-16-14(5-1-7-18-16)12-20-8-2-4-13(11-20)10-19-24(21,22)15-6-3-9-23-15/h1,3,5-7,9,13,19H,2,4,8,10-12H2,(H2,17,18)/t13-/m1/s1. The molecule has 2 aromatic heterocycles. The number of aromatic nitrogens is 1. The maximum Gasteiger partial charge on any atom is 0.250 e. The van der Waals surface area contributed by atoms with Gasteiger partial charge in [0.15, 0.2) is 0 Å². The van der Waals surface area contributed by atoms with Crippen LogP contribution in [0.3, 0.4) is 0 Å². The molecule has 0 amide bonds. The summed E-state index contributed by atoms with van der Waals surface area (Å²) in [6, 6.07) is 7.26. The van der Waals surface area contributed by atoms with E-state index < -0.39 is 10.0 Å². The number of nitrogens with one attached hydrogen (secondary N) is 1. The van der Waals surface area contributed by atoms with Crippen LogP contribution in [0, 0.1) is 5.92 Å². The third-order valence-corrected chi connectivity index (χ3v) is 7.07. The molecule has 0 saturated carbocycles. The molecule has 3 rings (SSSR count). The molecule has 0 spiro atoms. The van der Waals surface area contributed by atoms with Gasteiger partial charge in [0, 0.05) is 31.4 Å². The number of pyridine rings is 1. The number of hydrogen-bond donors (Lipinski definition) is 2. The van der Waals surface area contributed by atoms with Crippen LogP contribution in [0.25, 0.3) is 0 Å². The van der Waals surface area contributed by atoms with E-state index >= 15 is 0 Å². The zero-order valence-electron chi connectivity index (χ0n) is 13.4. The van der Waals surface area contributed by atoms with Gasteiger partial charge in [0.25, 0.3) is 0 Å². The second-order valence-corrected chi connectivity index (χ2v) is 9.02. The Labute approximate surface area is 146 Å². The van der Waals surface area contributed by atoms with Crippen molar-refractivity contribution in [2.45, 2.75) is 23.6 Å². The molecule has 0 aromatic carbocycles. The van der Waals surface area contributed by atoms with Crippen molar-refractivity contribution in [1.29, 1.82) is 0 Å². The minimum atomic E-state index is -3.38. The van der Waals surface area contributed by atoms with E-state index in [1.807, 2.05) is 12.1 Å². The van der Waals surface area contributed by atoms with E-state index in [4.69, 9.17) is 5.73 Å². The molecule has 0 aliphatic carbocycles. The Balaban J connectivity index is 1.55. The first kappa shape index (κ1) is 17.3. The number of hydrogen-bond acceptors (Lipinski definition) is 6. The lowest BCUT2D eigenvalue weighted by atomic mass is 9.98. The van der Waals surface area contributed by atoms with Gasteiger partial charge in [-0.15, -0.1) is 11.3 Å². The quantitative estimate of drug-likeness (QED) is 0.815. The number of thiophene rings is 1. The number of nitrogen functional groups attached to an aromatic ring is 1. The molecular formula is C16H22N4O2S2. The monoisotopic (exact) mass is 366 g/mol. The Morgan fingerprint density at radius 1 is 1.38 bits per heavy atom. The van der Waals surface area contributed by atoms with Crippen molar-refractivity contribution in [3.63, 3.8) is 0 Å². The van der Waals surface area contributed by atoms with Crippen LogP contribution in [0.1, 0.15) is 18.4 Å². The van der Waals surface area contributed by atoms with Crippen molar-refractivity contribution in [1.82, 2.24) is 14.6 Å². The molecule has 6 nitrogen and oxygen atoms in total. The predicted octanol–water partition coefficient (Wildman–Crippen LogP) is 1.92. The summed E-state index contributed by atoms with van der Waals surface area (Å²) in [5, 5.41) is 1.77. The normalized spacial score (nSPS) is 19.4. The number of nitrogens with two attached hydrogens (primary N) is 1. The van der Waals surface area contributed by atoms with E-state index in [9.17, 15) is 8.42 Å². The summed E-state index contributed by atoms with van der Waals surface area (Å²) >= 11 is 1.24. The molecule has 24 heavy (non-hydrogen) atoms. The van der Waals surface area contributed by atoms with Crippen LogP contribution in [-0.2, 0) is 16.6 Å². The molecule has 0 bridgehead atoms. The van der Waals surface area contributed by atoms with Gasteiger partial charge in [-0.3, -0.25) is 4.90 Å². The maximum atomic E-state index is 12.2. The van der Waals surface area contributed by atoms with Crippen molar-refractivity contribution in [3.8, 4) is 0 Å². The van der Waals surface area contributed by atoms with Crippen molar-refractivity contribution in [2.24, 2.45) is 5.92 Å². The van der Waals surface area contributed by atoms with Crippen molar-refractivity contribution in [3.05, 3.63) is 41.4 Å². The van der Waals surface area contributed by atoms with Crippen LogP contribution in [-0.4, -0.2) is 37.9 Å². The van der Waals surface area contributed by atoms with Gasteiger partial charge in [0.05, 0.1) is 0 Å². The zero-order valence-corrected chi connectivity index (χ0v) is 15.0. The summed E-state index contributed by atoms with van der Waals surface area (Å²) in [6.45, 7) is 3.09. The first-order valence-electron chi connectivity index (χ1n) is 7.99. The summed E-state index contributed by atoms with van der Waals surface area (Å²) in [5.74, 6) is 0.879. The molecule has 130 valence electrons. The molecule has 0 unspecified atom stereocenters. The Bertz CT molecular complexity index is 762. The van der Waals surface area contributed by atoms with Crippen LogP contribution in [0.5, 0.6) is 0 Å². The molecule has 1 atom stereocenters. The van der Waals surface area contributed by atoms with Crippen LogP contribution in [0.4, 0.5) is 5.82 Å². The fraction of sp³-hybridized carbons (Fsp3) is 0.438. The third-order valence-electron chi connectivity index (χ3n) is 4.25. The van der Waals surface area contributed by atoms with E-state index in [1.165, 1.54) is 11.3 Å². The Hall–Kier alpha value is -1.48. The van der Waals surface area contributed by atoms with Crippen molar-refractivity contribution in [2.75, 3.05) is 25.4 Å². The van der Waals surface area contributed by atoms with E-state index in [0.717, 1.165) is 38.0 Å². The van der Waals surface area contributed by atoms with Gasteiger partial charge < -0.3 is 5.73 Å². The highest BCUT2D eigenvalue weighted by molar-refractivity contribution is 7.91. The molecule has 3 N–H and O–H groups in total. The number of likely N-dealkylation sites (tertiary alicyclic amines) is 1. The molecule has 2 aromatic rings. The fourth-order valence-corrected chi connectivity index (χ4v) is 5.16. The minimum absolute atomic E-state index is 0.311. The fourth-order valence-electron chi connectivity index (χ4n) is 3.00. The molecule has 0 radical (unpaired) electrons. The summed E-state index contributed by atoms with van der Waals surface area (Å²) < 4.78 is 27.5. The predicted molar refractivity (Wildman–Crippen MR) is 96.2 cm³/mol. The Morgan fingerprint density at radius 3 is 3.00 bits per heavy atom. The van der Waals surface area contributed by atoms with Crippen LogP contribution >= 0.6 is 11.3 Å². The lowest BCUT2D eigenvalue weighted by Gasteiger charge is -2.32. The van der Waals surface area contributed by atoms with Gasteiger partial charge in [-0.2, -0.15) is 0 Å². The summed E-state index contributed by atoms with van der Waals surface area (Å²) in [4.78, 5) is 6.44. The van der Waals surface area contributed by atoms with Gasteiger partial charge in [-0.05, 0) is 42.8 Å². The largest absolute Gasteiger partial charge is 0.383 e. The van der Waals surface area contributed by atoms with Gasteiger partial charge in [0.2, 0.25) is 10.0 Å². The number of sulfonamides is 1. The van der Waals surface area contributed by atoms with Gasteiger partial charge in [0.1, 0.15) is 10.0 Å². The molecule has 1 fully saturated rings. The Morgan fingerprint density at radius 2 is 2.25 bits per heavy atom. The maximum absolute atomic E-state index is 12.2. The van der Waals surface area contributed by atoms with E-state index in [-0.39, 0.29) is 0 Å². The molecule has 1 aliphatic heterocycles. The summed E-state index contributed by atoms with van der Waals surface area (Å²) in [7, 11) is -3.38. The van der Waals surface area contributed by atoms with Gasteiger partial charge in [-0.1, -0.05) is 12.1 Å². The van der Waals surface area contributed by atoms with E-state index in [1.54, 1.807) is 23.7 Å². The second kappa shape index (κ2) is 7.60. The summed E-state index contributed by atoms with van der Waals surface area (Å²) in [6.07, 6.45) is 3.79. The second-order valence-electron chi connectivity index (χ2n) is 6.08. The minimum Gasteiger partial charge on any atom is -0.383 e. The number of anilines is 1. The molecular weight excluding hydrogens is 344 g/mol. The highest BCUT2D eigenvalue weighted by Gasteiger charge is 2.23. The first-order chi connectivity index (χ1) is 11.5.